The van der Waals surface area contributed by atoms with Gasteiger partial charge in [-0.05, 0) is 44.4 Å². The Labute approximate surface area is 148 Å². The second kappa shape index (κ2) is 7.70. The molecule has 1 aliphatic carbocycles. The summed E-state index contributed by atoms with van der Waals surface area (Å²) in [5, 5.41) is 10.2. The molecule has 6 nitrogen and oxygen atoms in total. The molecular weight excluding hydrogens is 316 g/mol. The summed E-state index contributed by atoms with van der Waals surface area (Å²) in [6.45, 7) is 3.97. The number of urea groups is 1. The average Bonchev–Trinajstić information content (AvgIpc) is 3.25. The molecule has 0 bridgehead atoms. The number of methoxy groups -OCH3 is 1. The first-order chi connectivity index (χ1) is 12.1. The Morgan fingerprint density at radius 1 is 1.32 bits per heavy atom. The number of hydrogen-bond acceptors (Lipinski definition) is 3. The van der Waals surface area contributed by atoms with Gasteiger partial charge in [0, 0.05) is 12.8 Å². The number of anilines is 2. The monoisotopic (exact) mass is 342 g/mol. The molecule has 1 heterocycles. The van der Waals surface area contributed by atoms with Crippen LogP contribution < -0.4 is 10.6 Å². The van der Waals surface area contributed by atoms with E-state index in [-0.39, 0.29) is 12.1 Å². The summed E-state index contributed by atoms with van der Waals surface area (Å²) in [6.07, 6.45) is 6.55. The van der Waals surface area contributed by atoms with E-state index in [0.29, 0.717) is 6.04 Å². The predicted molar refractivity (Wildman–Crippen MR) is 99.0 cm³/mol. The molecule has 0 spiro atoms. The van der Waals surface area contributed by atoms with Crippen LogP contribution in [0.3, 0.4) is 0 Å². The second-order valence-electron chi connectivity index (χ2n) is 6.61. The minimum Gasteiger partial charge on any atom is -0.377 e. The topological polar surface area (TPSA) is 68.2 Å². The minimum atomic E-state index is -0.267. The number of hydrogen-bond donors (Lipinski definition) is 2. The fourth-order valence-electron chi connectivity index (χ4n) is 3.35. The van der Waals surface area contributed by atoms with E-state index in [1.807, 2.05) is 42.8 Å². The van der Waals surface area contributed by atoms with Gasteiger partial charge in [-0.25, -0.2) is 4.79 Å². The number of carbonyl (C=O) groups excluding carboxylic acids is 1. The highest BCUT2D eigenvalue weighted by Crippen LogP contribution is 2.31. The maximum Gasteiger partial charge on any atom is 0.323 e. The van der Waals surface area contributed by atoms with Crippen molar-refractivity contribution in [2.75, 3.05) is 17.7 Å². The van der Waals surface area contributed by atoms with Gasteiger partial charge in [-0.2, -0.15) is 5.10 Å². The fraction of sp³-hybridized carbons (Fsp3) is 0.474. The Kier molecular flexibility index (Phi) is 5.38. The number of ether oxygens (including phenoxy) is 1. The molecule has 1 aliphatic rings. The molecule has 3 rings (SSSR count). The Morgan fingerprint density at radius 2 is 2.08 bits per heavy atom. The lowest BCUT2D eigenvalue weighted by atomic mass is 10.1. The number of carbonyl (C=O) groups is 1. The predicted octanol–water partition coefficient (Wildman–Crippen LogP) is 4.66. The number of amides is 2. The van der Waals surface area contributed by atoms with Gasteiger partial charge in [-0.15, -0.1) is 0 Å². The molecular formula is C19H26N4O2. The second-order valence-corrected chi connectivity index (χ2v) is 6.61. The molecule has 1 atom stereocenters. The van der Waals surface area contributed by atoms with Crippen molar-refractivity contribution in [1.82, 2.24) is 9.78 Å². The van der Waals surface area contributed by atoms with Crippen LogP contribution in [0.15, 0.2) is 30.5 Å². The van der Waals surface area contributed by atoms with Gasteiger partial charge in [0.25, 0.3) is 0 Å². The summed E-state index contributed by atoms with van der Waals surface area (Å²) in [5.41, 5.74) is 3.51. The van der Waals surface area contributed by atoms with Crippen LogP contribution in [0, 0.1) is 6.92 Å². The summed E-state index contributed by atoms with van der Waals surface area (Å²) in [4.78, 5) is 12.3. The van der Waals surface area contributed by atoms with Gasteiger partial charge in [0.1, 0.15) is 0 Å². The first-order valence-electron chi connectivity index (χ1n) is 8.83. The summed E-state index contributed by atoms with van der Waals surface area (Å²) in [6, 6.07) is 7.86. The molecule has 1 fully saturated rings. The van der Waals surface area contributed by atoms with Crippen LogP contribution in [0.25, 0.3) is 0 Å². The molecule has 1 aromatic heterocycles. The number of nitrogens with zero attached hydrogens (tertiary/aromatic N) is 2. The highest BCUT2D eigenvalue weighted by Gasteiger charge is 2.21. The Bertz CT molecular complexity index is 735. The lowest BCUT2D eigenvalue weighted by Gasteiger charge is -2.14. The van der Waals surface area contributed by atoms with E-state index < -0.39 is 0 Å². The smallest absolute Gasteiger partial charge is 0.323 e. The van der Waals surface area contributed by atoms with Crippen molar-refractivity contribution in [2.24, 2.45) is 0 Å². The summed E-state index contributed by atoms with van der Waals surface area (Å²) >= 11 is 0. The van der Waals surface area contributed by atoms with E-state index >= 15 is 0 Å². The average molecular weight is 342 g/mol. The third kappa shape index (κ3) is 4.02. The van der Waals surface area contributed by atoms with E-state index in [0.717, 1.165) is 22.6 Å². The third-order valence-corrected chi connectivity index (χ3v) is 4.93. The van der Waals surface area contributed by atoms with E-state index in [2.05, 4.69) is 15.7 Å². The zero-order chi connectivity index (χ0) is 17.8. The van der Waals surface area contributed by atoms with Crippen molar-refractivity contribution in [1.29, 1.82) is 0 Å². The standard InChI is InChI=1S/C19H26N4O2/c1-13-18(12-20-23(13)17-9-4-5-10-17)22-19(24)21-16-8-6-7-15(11-16)14(2)25-3/h6-8,11-12,14,17H,4-5,9-10H2,1-3H3,(H2,21,22,24). The Hall–Kier alpha value is -2.34. The largest absolute Gasteiger partial charge is 0.377 e. The maximum absolute atomic E-state index is 12.3. The van der Waals surface area contributed by atoms with Crippen LogP contribution in [0.5, 0.6) is 0 Å². The van der Waals surface area contributed by atoms with E-state index in [4.69, 9.17) is 4.74 Å². The van der Waals surface area contributed by atoms with Crippen molar-refractivity contribution in [3.05, 3.63) is 41.7 Å². The van der Waals surface area contributed by atoms with E-state index in [9.17, 15) is 4.79 Å². The van der Waals surface area contributed by atoms with Gasteiger partial charge in [0.2, 0.25) is 0 Å². The highest BCUT2D eigenvalue weighted by atomic mass is 16.5. The number of nitrogens with one attached hydrogen (secondary N) is 2. The Morgan fingerprint density at radius 3 is 2.80 bits per heavy atom. The van der Waals surface area contributed by atoms with Gasteiger partial charge in [0.05, 0.1) is 29.7 Å². The lowest BCUT2D eigenvalue weighted by Crippen LogP contribution is -2.20. The van der Waals surface area contributed by atoms with Crippen LogP contribution in [-0.4, -0.2) is 22.9 Å². The molecule has 134 valence electrons. The zero-order valence-corrected chi connectivity index (χ0v) is 15.1. The molecule has 1 unspecified atom stereocenters. The van der Waals surface area contributed by atoms with Crippen LogP contribution in [0.1, 0.15) is 56.0 Å². The molecule has 2 N–H and O–H groups in total. The fourth-order valence-corrected chi connectivity index (χ4v) is 3.35. The summed E-state index contributed by atoms with van der Waals surface area (Å²) < 4.78 is 7.36. The molecule has 2 amide bonds. The molecule has 2 aromatic rings. The number of aromatic nitrogens is 2. The SMILES string of the molecule is COC(C)c1cccc(NC(=O)Nc2cnn(C3CCCC3)c2C)c1. The maximum atomic E-state index is 12.3. The molecule has 25 heavy (non-hydrogen) atoms. The van der Waals surface area contributed by atoms with Crippen LogP contribution in [0.4, 0.5) is 16.2 Å². The van der Waals surface area contributed by atoms with Crippen molar-refractivity contribution in [3.8, 4) is 0 Å². The molecule has 6 heteroatoms. The van der Waals surface area contributed by atoms with Crippen molar-refractivity contribution >= 4 is 17.4 Å². The van der Waals surface area contributed by atoms with Gasteiger partial charge >= 0.3 is 6.03 Å². The van der Waals surface area contributed by atoms with Crippen LogP contribution in [0.2, 0.25) is 0 Å². The molecule has 0 aliphatic heterocycles. The third-order valence-electron chi connectivity index (χ3n) is 4.93. The first-order valence-corrected chi connectivity index (χ1v) is 8.83. The quantitative estimate of drug-likeness (QED) is 0.830. The van der Waals surface area contributed by atoms with Crippen molar-refractivity contribution < 1.29 is 9.53 Å². The van der Waals surface area contributed by atoms with E-state index in [1.54, 1.807) is 13.3 Å². The van der Waals surface area contributed by atoms with Crippen molar-refractivity contribution in [3.63, 3.8) is 0 Å². The van der Waals surface area contributed by atoms with Gasteiger partial charge in [-0.3, -0.25) is 4.68 Å². The first kappa shape index (κ1) is 17.5. The Balaban J connectivity index is 1.65. The summed E-state index contributed by atoms with van der Waals surface area (Å²) in [5.74, 6) is 0. The molecule has 0 saturated heterocycles. The lowest BCUT2D eigenvalue weighted by molar-refractivity contribution is 0.119. The highest BCUT2D eigenvalue weighted by molar-refractivity contribution is 6.00. The zero-order valence-electron chi connectivity index (χ0n) is 15.1. The summed E-state index contributed by atoms with van der Waals surface area (Å²) in [7, 11) is 1.67. The van der Waals surface area contributed by atoms with Gasteiger partial charge < -0.3 is 15.4 Å². The van der Waals surface area contributed by atoms with Gasteiger partial charge in [0.15, 0.2) is 0 Å². The van der Waals surface area contributed by atoms with Gasteiger partial charge in [-0.1, -0.05) is 25.0 Å². The number of benzene rings is 1. The van der Waals surface area contributed by atoms with Crippen LogP contribution in [-0.2, 0) is 4.74 Å². The molecule has 0 radical (unpaired) electrons. The molecule has 1 saturated carbocycles. The normalized spacial score (nSPS) is 16.0. The van der Waals surface area contributed by atoms with Crippen molar-refractivity contribution in [2.45, 2.75) is 51.7 Å². The van der Waals surface area contributed by atoms with E-state index in [1.165, 1.54) is 25.7 Å². The number of rotatable bonds is 5. The molecule has 1 aromatic carbocycles. The van der Waals surface area contributed by atoms with Crippen LogP contribution >= 0.6 is 0 Å². The minimum absolute atomic E-state index is 0.0169.